The highest BCUT2D eigenvalue weighted by Gasteiger charge is 2.14. The zero-order chi connectivity index (χ0) is 14.6. The first-order valence-corrected chi connectivity index (χ1v) is 7.41. The lowest BCUT2D eigenvalue weighted by atomic mass is 10.2. The summed E-state index contributed by atoms with van der Waals surface area (Å²) in [6, 6.07) is 3.74. The monoisotopic (exact) mass is 392 g/mol. The molecule has 1 N–H and O–H groups in total. The van der Waals surface area contributed by atoms with Gasteiger partial charge in [-0.05, 0) is 56.5 Å². The normalized spacial score (nSPS) is 12.1. The van der Waals surface area contributed by atoms with Gasteiger partial charge in [-0.25, -0.2) is 0 Å². The zero-order valence-corrected chi connectivity index (χ0v) is 14.6. The van der Waals surface area contributed by atoms with Gasteiger partial charge in [-0.3, -0.25) is 4.79 Å². The Morgan fingerprint density at radius 3 is 2.32 bits per heavy atom. The van der Waals surface area contributed by atoms with Gasteiger partial charge in [0.1, 0.15) is 5.75 Å². The third kappa shape index (κ3) is 4.47. The maximum absolute atomic E-state index is 11.7. The Morgan fingerprint density at radius 1 is 1.37 bits per heavy atom. The minimum atomic E-state index is -0.213. The minimum Gasteiger partial charge on any atom is -0.494 e. The zero-order valence-electron chi connectivity index (χ0n) is 11.5. The summed E-state index contributed by atoms with van der Waals surface area (Å²) >= 11 is 6.92. The predicted molar refractivity (Wildman–Crippen MR) is 83.4 cm³/mol. The molecule has 106 valence electrons. The van der Waals surface area contributed by atoms with E-state index in [4.69, 9.17) is 4.74 Å². The molecule has 0 saturated carbocycles. The molecule has 4 nitrogen and oxygen atoms in total. The number of rotatable bonds is 5. The maximum Gasteiger partial charge on any atom is 0.238 e. The van der Waals surface area contributed by atoms with Crippen molar-refractivity contribution >= 4 is 37.8 Å². The first-order chi connectivity index (χ1) is 8.86. The average molecular weight is 394 g/mol. The van der Waals surface area contributed by atoms with Crippen LogP contribution in [0.25, 0.3) is 0 Å². The molecule has 6 heteroatoms. The smallest absolute Gasteiger partial charge is 0.238 e. The maximum atomic E-state index is 11.7. The van der Waals surface area contributed by atoms with Crippen LogP contribution < -0.4 is 10.1 Å². The molecule has 0 aliphatic carbocycles. The second kappa shape index (κ2) is 7.26. The van der Waals surface area contributed by atoms with Crippen molar-refractivity contribution in [3.8, 4) is 5.75 Å². The molecule has 0 aliphatic rings. The van der Waals surface area contributed by atoms with Crippen molar-refractivity contribution in [1.29, 1.82) is 0 Å². The topological polar surface area (TPSA) is 41.6 Å². The highest BCUT2D eigenvalue weighted by atomic mass is 79.9. The van der Waals surface area contributed by atoms with E-state index >= 15 is 0 Å². The van der Waals surface area contributed by atoms with Crippen molar-refractivity contribution < 1.29 is 9.53 Å². The van der Waals surface area contributed by atoms with Crippen LogP contribution in [0.5, 0.6) is 5.75 Å². The lowest BCUT2D eigenvalue weighted by Gasteiger charge is -2.18. The van der Waals surface area contributed by atoms with Gasteiger partial charge in [0.15, 0.2) is 0 Å². The summed E-state index contributed by atoms with van der Waals surface area (Å²) < 4.78 is 7.02. The number of methoxy groups -OCH3 is 1. The number of benzene rings is 1. The molecule has 1 rings (SSSR count). The van der Waals surface area contributed by atoms with E-state index in [9.17, 15) is 4.79 Å². The number of hydrogen-bond acceptors (Lipinski definition) is 3. The van der Waals surface area contributed by atoms with Gasteiger partial charge in [0.25, 0.3) is 0 Å². The first kappa shape index (κ1) is 16.5. The average Bonchev–Trinajstić information content (AvgIpc) is 2.34. The number of likely N-dealkylation sites (N-methyl/N-ethyl adjacent to an activating group) is 1. The Hall–Kier alpha value is -0.590. The highest BCUT2D eigenvalue weighted by Crippen LogP contribution is 2.34. The van der Waals surface area contributed by atoms with E-state index in [2.05, 4.69) is 37.2 Å². The summed E-state index contributed by atoms with van der Waals surface area (Å²) in [6.45, 7) is 2.47. The van der Waals surface area contributed by atoms with Gasteiger partial charge in [-0.2, -0.15) is 0 Å². The van der Waals surface area contributed by atoms with E-state index in [0.29, 0.717) is 6.54 Å². The van der Waals surface area contributed by atoms with Crippen LogP contribution in [-0.4, -0.2) is 38.1 Å². The van der Waals surface area contributed by atoms with E-state index < -0.39 is 0 Å². The minimum absolute atomic E-state index is 0.0617. The SMILES string of the molecule is COc1c(Br)cc(CNC(C)C(=O)N(C)C)cc1Br. The van der Waals surface area contributed by atoms with Crippen molar-refractivity contribution in [1.82, 2.24) is 10.2 Å². The van der Waals surface area contributed by atoms with Crippen molar-refractivity contribution in [2.75, 3.05) is 21.2 Å². The number of carbonyl (C=O) groups is 1. The van der Waals surface area contributed by atoms with Gasteiger partial charge in [0.05, 0.1) is 22.1 Å². The molecule has 0 saturated heterocycles. The molecule has 1 unspecified atom stereocenters. The number of hydrogen-bond donors (Lipinski definition) is 1. The number of nitrogens with one attached hydrogen (secondary N) is 1. The number of ether oxygens (including phenoxy) is 1. The van der Waals surface area contributed by atoms with E-state index in [1.54, 1.807) is 26.1 Å². The van der Waals surface area contributed by atoms with Crippen LogP contribution in [-0.2, 0) is 11.3 Å². The standard InChI is InChI=1S/C13H18Br2N2O2/c1-8(13(18)17(2)3)16-7-9-5-10(14)12(19-4)11(15)6-9/h5-6,8,16H,7H2,1-4H3. The lowest BCUT2D eigenvalue weighted by molar-refractivity contribution is -0.130. The largest absolute Gasteiger partial charge is 0.494 e. The fourth-order valence-corrected chi connectivity index (χ4v) is 3.26. The Kier molecular flexibility index (Phi) is 6.29. The van der Waals surface area contributed by atoms with Crippen molar-refractivity contribution in [3.63, 3.8) is 0 Å². The first-order valence-electron chi connectivity index (χ1n) is 5.83. The number of carbonyl (C=O) groups excluding carboxylic acids is 1. The molecule has 0 radical (unpaired) electrons. The van der Waals surface area contributed by atoms with Crippen LogP contribution in [0.2, 0.25) is 0 Å². The predicted octanol–water partition coefficient (Wildman–Crippen LogP) is 2.79. The van der Waals surface area contributed by atoms with Gasteiger partial charge in [0.2, 0.25) is 5.91 Å². The van der Waals surface area contributed by atoms with E-state index in [1.807, 2.05) is 19.1 Å². The molecular weight excluding hydrogens is 376 g/mol. The highest BCUT2D eigenvalue weighted by molar-refractivity contribution is 9.11. The second-order valence-electron chi connectivity index (χ2n) is 4.43. The van der Waals surface area contributed by atoms with Crippen LogP contribution in [0.4, 0.5) is 0 Å². The molecule has 0 spiro atoms. The van der Waals surface area contributed by atoms with Crippen molar-refractivity contribution in [3.05, 3.63) is 26.6 Å². The van der Waals surface area contributed by atoms with Gasteiger partial charge < -0.3 is 15.0 Å². The van der Waals surface area contributed by atoms with Gasteiger partial charge in [0, 0.05) is 20.6 Å². The van der Waals surface area contributed by atoms with Crippen molar-refractivity contribution in [2.45, 2.75) is 19.5 Å². The van der Waals surface area contributed by atoms with Gasteiger partial charge in [-0.1, -0.05) is 0 Å². The number of halogens is 2. The molecule has 1 atom stereocenters. The molecule has 1 aromatic carbocycles. The molecule has 0 heterocycles. The molecule has 0 fully saturated rings. The molecule has 19 heavy (non-hydrogen) atoms. The van der Waals surface area contributed by atoms with E-state index in [-0.39, 0.29) is 11.9 Å². The fraction of sp³-hybridized carbons (Fsp3) is 0.462. The van der Waals surface area contributed by atoms with E-state index in [0.717, 1.165) is 20.3 Å². The van der Waals surface area contributed by atoms with Gasteiger partial charge in [-0.15, -0.1) is 0 Å². The van der Waals surface area contributed by atoms with Crippen LogP contribution in [0, 0.1) is 0 Å². The summed E-state index contributed by atoms with van der Waals surface area (Å²) in [4.78, 5) is 13.3. The van der Waals surface area contributed by atoms with Crippen molar-refractivity contribution in [2.24, 2.45) is 0 Å². The molecule has 1 amide bonds. The summed E-state index contributed by atoms with van der Waals surface area (Å²) in [5.41, 5.74) is 1.07. The Morgan fingerprint density at radius 2 is 1.89 bits per heavy atom. The van der Waals surface area contributed by atoms with E-state index in [1.165, 1.54) is 0 Å². The summed E-state index contributed by atoms with van der Waals surface area (Å²) in [6.07, 6.45) is 0. The molecule has 0 aromatic heterocycles. The number of nitrogens with zero attached hydrogens (tertiary/aromatic N) is 1. The quantitative estimate of drug-likeness (QED) is 0.836. The van der Waals surface area contributed by atoms with Crippen LogP contribution in [0.15, 0.2) is 21.1 Å². The third-order valence-corrected chi connectivity index (χ3v) is 3.86. The van der Waals surface area contributed by atoms with Gasteiger partial charge >= 0.3 is 0 Å². The Balaban J connectivity index is 2.71. The molecule has 0 bridgehead atoms. The summed E-state index contributed by atoms with van der Waals surface area (Å²) in [5.74, 6) is 0.827. The fourth-order valence-electron chi connectivity index (χ4n) is 1.65. The van der Waals surface area contributed by atoms with Crippen LogP contribution in [0.3, 0.4) is 0 Å². The van der Waals surface area contributed by atoms with Crippen LogP contribution in [0.1, 0.15) is 12.5 Å². The van der Waals surface area contributed by atoms with Crippen LogP contribution >= 0.6 is 31.9 Å². The Bertz CT molecular complexity index is 441. The third-order valence-electron chi connectivity index (χ3n) is 2.69. The summed E-state index contributed by atoms with van der Waals surface area (Å²) in [7, 11) is 5.13. The summed E-state index contributed by atoms with van der Waals surface area (Å²) in [5, 5.41) is 3.20. The molecule has 0 aliphatic heterocycles. The Labute approximate surface area is 130 Å². The second-order valence-corrected chi connectivity index (χ2v) is 6.14. The lowest BCUT2D eigenvalue weighted by Crippen LogP contribution is -2.41. The molecule has 1 aromatic rings. The number of amides is 1. The molecular formula is C13H18Br2N2O2.